The van der Waals surface area contributed by atoms with Crippen molar-refractivity contribution in [2.24, 2.45) is 0 Å². The van der Waals surface area contributed by atoms with Crippen LogP contribution in [0.1, 0.15) is 5.56 Å². The molecule has 0 aliphatic carbocycles. The molecule has 0 atom stereocenters. The molecule has 1 aromatic carbocycles. The third-order valence-corrected chi connectivity index (χ3v) is 3.14. The summed E-state index contributed by atoms with van der Waals surface area (Å²) in [6.07, 6.45) is 1.44. The van der Waals surface area contributed by atoms with Gasteiger partial charge in [0.2, 0.25) is 0 Å². The molecular formula is C12H9FN4OS. The fourth-order valence-electron chi connectivity index (χ4n) is 1.90. The average molecular weight is 280 g/mol. The molecule has 2 aromatic heterocycles. The zero-order valence-electron chi connectivity index (χ0n) is 9.68. The Hall–Kier alpha value is -2.28. The minimum absolute atomic E-state index is 0.286. The number of nitrogens with zero attached hydrogens (tertiary/aromatic N) is 2. The van der Waals surface area contributed by atoms with E-state index in [1.807, 2.05) is 0 Å². The molecule has 0 aliphatic rings. The molecule has 0 saturated carbocycles. The molecule has 3 rings (SSSR count). The monoisotopic (exact) mass is 280 g/mol. The van der Waals surface area contributed by atoms with Gasteiger partial charge in [0.1, 0.15) is 11.3 Å². The van der Waals surface area contributed by atoms with Gasteiger partial charge in [0.25, 0.3) is 5.56 Å². The first kappa shape index (κ1) is 11.8. The van der Waals surface area contributed by atoms with Crippen molar-refractivity contribution in [2.75, 3.05) is 0 Å². The molecule has 0 aliphatic heterocycles. The van der Waals surface area contributed by atoms with Crippen molar-refractivity contribution in [3.8, 4) is 0 Å². The van der Waals surface area contributed by atoms with E-state index in [1.165, 1.54) is 18.5 Å². The molecule has 2 N–H and O–H groups in total. The predicted molar refractivity (Wildman–Crippen MR) is 71.0 cm³/mol. The van der Waals surface area contributed by atoms with E-state index in [1.54, 1.807) is 16.7 Å². The van der Waals surface area contributed by atoms with E-state index in [9.17, 15) is 9.18 Å². The second-order valence-corrected chi connectivity index (χ2v) is 4.46. The number of rotatable bonds is 2. The van der Waals surface area contributed by atoms with E-state index in [0.717, 1.165) is 5.56 Å². The van der Waals surface area contributed by atoms with Crippen LogP contribution < -0.4 is 5.56 Å². The maximum atomic E-state index is 12.9. The van der Waals surface area contributed by atoms with Crippen molar-refractivity contribution in [1.29, 1.82) is 0 Å². The van der Waals surface area contributed by atoms with Gasteiger partial charge in [0.15, 0.2) is 10.4 Å². The lowest BCUT2D eigenvalue weighted by molar-refractivity contribution is 0.626. The Morgan fingerprint density at radius 2 is 2.05 bits per heavy atom. The minimum Gasteiger partial charge on any atom is -0.339 e. The molecule has 7 heteroatoms. The lowest BCUT2D eigenvalue weighted by Crippen LogP contribution is -2.15. The molecule has 5 nitrogen and oxygen atoms in total. The summed E-state index contributed by atoms with van der Waals surface area (Å²) in [5, 5.41) is 0. The third-order valence-electron chi connectivity index (χ3n) is 2.82. The zero-order chi connectivity index (χ0) is 13.4. The van der Waals surface area contributed by atoms with E-state index in [-0.39, 0.29) is 16.1 Å². The van der Waals surface area contributed by atoms with Crippen LogP contribution in [0.4, 0.5) is 4.39 Å². The third kappa shape index (κ3) is 2.08. The van der Waals surface area contributed by atoms with Gasteiger partial charge in [-0.2, -0.15) is 0 Å². The molecule has 0 saturated heterocycles. The highest BCUT2D eigenvalue weighted by Crippen LogP contribution is 2.09. The number of hydrogen-bond acceptors (Lipinski definition) is 3. The molecule has 0 bridgehead atoms. The molecule has 0 spiro atoms. The van der Waals surface area contributed by atoms with Crippen LogP contribution in [0, 0.1) is 10.6 Å². The SMILES string of the molecule is O=c1[15nH][13c](=S)n(Cc2ccc(F)cc2)c2n[13cH][15nH]c12. The Bertz CT molecular complexity index is 847. The van der Waals surface area contributed by atoms with E-state index < -0.39 is 0 Å². The highest BCUT2D eigenvalue weighted by atomic mass is 32.1. The Labute approximate surface area is 111 Å². The fraction of sp³-hybridized carbons (Fsp3) is 0.0833. The number of benzene rings is 1. The standard InChI is InChI=1S/C12H9FN4OS/c13-8-3-1-7(2-4-8)5-17-10-9(14-6-15-10)11(18)16-12(17)19/h1-4,6H,5H2,(H,14,15)(H,16,18,19)/i6+1,12+1,14+1,16+1. The summed E-state index contributed by atoms with van der Waals surface area (Å²) in [6.45, 7) is 0.414. The van der Waals surface area contributed by atoms with Crippen molar-refractivity contribution in [2.45, 2.75) is 6.54 Å². The first-order chi connectivity index (χ1) is 9.15. The molecule has 96 valence electrons. The van der Waals surface area contributed by atoms with Crippen LogP contribution >= 0.6 is 12.2 Å². The average Bonchev–Trinajstić information content (AvgIpc) is 2.86. The number of aromatic amines is 2. The number of hydrogen-bond donors (Lipinski definition) is 2. The van der Waals surface area contributed by atoms with Crippen molar-refractivity contribution in [3.05, 3.63) is 57.1 Å². The van der Waals surface area contributed by atoms with Crippen LogP contribution in [0.5, 0.6) is 0 Å². The van der Waals surface area contributed by atoms with Gasteiger partial charge in [0.05, 0.1) is 12.9 Å². The van der Waals surface area contributed by atoms with Gasteiger partial charge in [-0.15, -0.1) is 0 Å². The van der Waals surface area contributed by atoms with Crippen molar-refractivity contribution < 1.29 is 4.39 Å². The lowest BCUT2D eigenvalue weighted by Gasteiger charge is -2.07. The summed E-state index contributed by atoms with van der Waals surface area (Å²) >= 11 is 5.14. The predicted octanol–water partition coefficient (Wildman–Crippen LogP) is 1.97. The largest absolute Gasteiger partial charge is 0.339 e. The Morgan fingerprint density at radius 1 is 1.32 bits per heavy atom. The summed E-state index contributed by atoms with van der Waals surface area (Å²) in [7, 11) is 0. The van der Waals surface area contributed by atoms with E-state index in [4.69, 9.17) is 12.2 Å². The summed E-state index contributed by atoms with van der Waals surface area (Å²) < 4.78 is 14.8. The number of H-pyrrole nitrogens is 2. The Kier molecular flexibility index (Phi) is 2.75. The smallest absolute Gasteiger partial charge is 0.277 e. The van der Waals surface area contributed by atoms with E-state index >= 15 is 0 Å². The van der Waals surface area contributed by atoms with Crippen molar-refractivity contribution in [3.63, 3.8) is 0 Å². The van der Waals surface area contributed by atoms with Crippen LogP contribution in [-0.4, -0.2) is 19.5 Å². The number of aromatic nitrogens is 4. The molecule has 0 fully saturated rings. The second kappa shape index (κ2) is 4.43. The number of imidazole rings is 1. The maximum absolute atomic E-state index is 12.9. The topological polar surface area (TPSA) is 66.5 Å². The highest BCUT2D eigenvalue weighted by Gasteiger charge is 2.08. The van der Waals surface area contributed by atoms with Crippen LogP contribution in [0.15, 0.2) is 35.4 Å². The molecule has 19 heavy (non-hydrogen) atoms. The summed E-state index contributed by atoms with van der Waals surface area (Å²) in [5.41, 5.74) is 1.43. The first-order valence-electron chi connectivity index (χ1n) is 5.56. The van der Waals surface area contributed by atoms with Gasteiger partial charge in [-0.25, -0.2) is 9.37 Å². The Morgan fingerprint density at radius 3 is 2.79 bits per heavy atom. The lowest BCUT2D eigenvalue weighted by atomic mass is 10.2. The molecular weight excluding hydrogens is 271 g/mol. The minimum atomic E-state index is -0.298. The highest BCUT2D eigenvalue weighted by molar-refractivity contribution is 7.71. The van der Waals surface area contributed by atoms with Gasteiger partial charge < -0.3 is 4.98 Å². The summed E-state index contributed by atoms with van der Waals surface area (Å²) in [4.78, 5) is 21.1. The van der Waals surface area contributed by atoms with Crippen LogP contribution in [0.2, 0.25) is 0 Å². The number of halogens is 1. The van der Waals surface area contributed by atoms with Crippen LogP contribution in [-0.2, 0) is 6.54 Å². The second-order valence-electron chi connectivity index (χ2n) is 4.07. The maximum Gasteiger partial charge on any atom is 0.277 e. The molecule has 0 radical (unpaired) electrons. The van der Waals surface area contributed by atoms with Crippen LogP contribution in [0.25, 0.3) is 11.2 Å². The first-order valence-corrected chi connectivity index (χ1v) is 5.96. The van der Waals surface area contributed by atoms with Gasteiger partial charge in [0, 0.05) is 0 Å². The molecule has 2 heterocycles. The number of fused-ring (bicyclic) bond motifs is 1. The number of nitrogens with one attached hydrogen (secondary N) is 2. The van der Waals surface area contributed by atoms with Crippen molar-refractivity contribution in [1.82, 2.24) is 19.5 Å². The van der Waals surface area contributed by atoms with Crippen LogP contribution in [0.3, 0.4) is 0 Å². The van der Waals surface area contributed by atoms with Crippen molar-refractivity contribution >= 4 is 23.4 Å². The molecule has 0 unspecified atom stereocenters. The summed E-state index contributed by atoms with van der Waals surface area (Å²) in [6, 6.07) is 6.10. The van der Waals surface area contributed by atoms with Gasteiger partial charge in [-0.05, 0) is 29.9 Å². The molecule has 3 aromatic rings. The Balaban J connectivity index is 2.15. The summed E-state index contributed by atoms with van der Waals surface area (Å²) in [5.74, 6) is -0.293. The van der Waals surface area contributed by atoms with Gasteiger partial charge in [-0.1, -0.05) is 12.1 Å². The molecule has 0 amide bonds. The van der Waals surface area contributed by atoms with Gasteiger partial charge >= 0.3 is 0 Å². The normalized spacial score (nSPS) is 11.0. The fourth-order valence-corrected chi connectivity index (χ4v) is 2.14. The zero-order valence-corrected chi connectivity index (χ0v) is 10.5. The van der Waals surface area contributed by atoms with E-state index in [2.05, 4.69) is 15.0 Å². The van der Waals surface area contributed by atoms with Gasteiger partial charge in [-0.3, -0.25) is 14.3 Å². The quantitative estimate of drug-likeness (QED) is 0.705. The van der Waals surface area contributed by atoms with E-state index in [0.29, 0.717) is 17.7 Å².